The number of aliphatic hydroxyl groups excluding tert-OH is 2. The third-order valence-electron chi connectivity index (χ3n) is 7.25. The Balaban J connectivity index is 2.36. The summed E-state index contributed by atoms with van der Waals surface area (Å²) < 4.78 is 32.7. The van der Waals surface area contributed by atoms with Crippen molar-refractivity contribution in [2.45, 2.75) is 103 Å². The quantitative estimate of drug-likeness (QED) is 0.0492. The predicted octanol–water partition coefficient (Wildman–Crippen LogP) is 3.71. The molecular formula is C30H55NO11P+. The summed E-state index contributed by atoms with van der Waals surface area (Å²) in [5, 5.41) is 20.6. The highest BCUT2D eigenvalue weighted by atomic mass is 31.2. The molecule has 0 aromatic carbocycles. The monoisotopic (exact) mass is 636 g/mol. The van der Waals surface area contributed by atoms with E-state index in [0.717, 1.165) is 38.5 Å². The molecule has 1 fully saturated rings. The molecule has 0 aliphatic heterocycles. The third-order valence-corrected chi connectivity index (χ3v) is 8.24. The Morgan fingerprint density at radius 2 is 1.77 bits per heavy atom. The van der Waals surface area contributed by atoms with E-state index in [1.54, 1.807) is 12.2 Å². The second-order valence-corrected chi connectivity index (χ2v) is 13.8. The number of ether oxygens (including phenoxy) is 2. The highest BCUT2D eigenvalue weighted by Crippen LogP contribution is 2.43. The molecule has 0 heterocycles. The lowest BCUT2D eigenvalue weighted by atomic mass is 9.88. The van der Waals surface area contributed by atoms with Crippen molar-refractivity contribution in [2.75, 3.05) is 47.5 Å². The van der Waals surface area contributed by atoms with Crippen LogP contribution >= 0.6 is 7.82 Å². The summed E-state index contributed by atoms with van der Waals surface area (Å²) in [6.45, 7) is 2.93. The molecule has 1 aliphatic rings. The molecule has 12 nitrogen and oxygen atoms in total. The Hall–Kier alpha value is -1.66. The normalized spacial score (nSPS) is 22.0. The number of nitrogens with zero attached hydrogens (tertiary/aromatic N) is 1. The number of aliphatic hydroxyl groups is 2. The molecule has 1 unspecified atom stereocenters. The predicted molar refractivity (Wildman–Crippen MR) is 161 cm³/mol. The van der Waals surface area contributed by atoms with Crippen molar-refractivity contribution in [3.8, 4) is 0 Å². The van der Waals surface area contributed by atoms with E-state index in [2.05, 4.69) is 6.92 Å². The van der Waals surface area contributed by atoms with Gasteiger partial charge in [-0.2, -0.15) is 0 Å². The average molecular weight is 637 g/mol. The van der Waals surface area contributed by atoms with Gasteiger partial charge in [0, 0.05) is 25.7 Å². The Morgan fingerprint density at radius 3 is 2.42 bits per heavy atom. The highest BCUT2D eigenvalue weighted by Gasteiger charge is 2.39. The van der Waals surface area contributed by atoms with Crippen LogP contribution in [-0.4, -0.2) is 103 Å². The standard InChI is InChI=1S/C30H54NO11P/c1-6-7-10-13-24(33)16-17-27-26(28(34)20-29(27)35)14-11-8-9-12-15-30(36)39-21-25(42-23(2)32)22-41-43(37,38)40-19-18-31(3,4)5/h16-17,24-28,33-34H,6-15,18-22H2,1-5H3/p+1/b17-16+/t24-,25+,26+,27+,28-/m0/s1. The molecule has 0 aromatic rings. The van der Waals surface area contributed by atoms with Gasteiger partial charge in [0.1, 0.15) is 25.5 Å². The van der Waals surface area contributed by atoms with Gasteiger partial charge in [-0.1, -0.05) is 57.6 Å². The Morgan fingerprint density at radius 1 is 1.07 bits per heavy atom. The number of hydrogen-bond acceptors (Lipinski definition) is 10. The van der Waals surface area contributed by atoms with E-state index < -0.39 is 44.7 Å². The van der Waals surface area contributed by atoms with Gasteiger partial charge in [0.2, 0.25) is 0 Å². The minimum Gasteiger partial charge on any atom is -0.462 e. The summed E-state index contributed by atoms with van der Waals surface area (Å²) >= 11 is 0. The molecule has 0 saturated heterocycles. The van der Waals surface area contributed by atoms with Crippen LogP contribution in [0.5, 0.6) is 0 Å². The molecule has 1 aliphatic carbocycles. The zero-order valence-electron chi connectivity index (χ0n) is 26.7. The number of rotatable bonds is 23. The number of likely N-dealkylation sites (N-methyl/N-ethyl adjacent to an activating group) is 1. The molecule has 1 rings (SSSR count). The molecule has 0 aromatic heterocycles. The van der Waals surface area contributed by atoms with Crippen molar-refractivity contribution in [1.82, 2.24) is 0 Å². The first-order valence-corrected chi connectivity index (χ1v) is 17.0. The van der Waals surface area contributed by atoms with Crippen LogP contribution in [0.25, 0.3) is 0 Å². The van der Waals surface area contributed by atoms with E-state index in [4.69, 9.17) is 18.5 Å². The molecule has 3 N–H and O–H groups in total. The van der Waals surface area contributed by atoms with Gasteiger partial charge < -0.3 is 29.1 Å². The van der Waals surface area contributed by atoms with Gasteiger partial charge in [-0.3, -0.25) is 23.4 Å². The fraction of sp³-hybridized carbons (Fsp3) is 0.833. The first-order chi connectivity index (χ1) is 20.1. The van der Waals surface area contributed by atoms with Crippen LogP contribution in [0.15, 0.2) is 12.2 Å². The highest BCUT2D eigenvalue weighted by molar-refractivity contribution is 7.47. The first kappa shape index (κ1) is 39.4. The molecular weight excluding hydrogens is 581 g/mol. The topological polar surface area (TPSA) is 166 Å². The average Bonchev–Trinajstić information content (AvgIpc) is 3.17. The van der Waals surface area contributed by atoms with Gasteiger partial charge in [0.15, 0.2) is 6.10 Å². The second-order valence-electron chi connectivity index (χ2n) is 12.4. The molecule has 1 saturated carbocycles. The van der Waals surface area contributed by atoms with Gasteiger partial charge in [-0.15, -0.1) is 0 Å². The molecule has 0 bridgehead atoms. The smallest absolute Gasteiger partial charge is 0.462 e. The van der Waals surface area contributed by atoms with Gasteiger partial charge in [-0.25, -0.2) is 4.57 Å². The van der Waals surface area contributed by atoms with Crippen LogP contribution in [-0.2, 0) is 37.5 Å². The van der Waals surface area contributed by atoms with Crippen LogP contribution in [0.2, 0.25) is 0 Å². The van der Waals surface area contributed by atoms with Crippen LogP contribution in [0, 0.1) is 11.8 Å². The number of carbonyl (C=O) groups is 3. The fourth-order valence-electron chi connectivity index (χ4n) is 4.80. The first-order valence-electron chi connectivity index (χ1n) is 15.5. The summed E-state index contributed by atoms with van der Waals surface area (Å²) in [5.74, 6) is -1.70. The Kier molecular flexibility index (Phi) is 18.7. The lowest BCUT2D eigenvalue weighted by Crippen LogP contribution is -2.37. The van der Waals surface area contributed by atoms with E-state index in [1.807, 2.05) is 21.1 Å². The molecule has 13 heteroatoms. The third kappa shape index (κ3) is 18.7. The van der Waals surface area contributed by atoms with Crippen molar-refractivity contribution in [3.63, 3.8) is 0 Å². The zero-order valence-corrected chi connectivity index (χ0v) is 27.5. The maximum atomic E-state index is 12.4. The van der Waals surface area contributed by atoms with Gasteiger partial charge >= 0.3 is 19.8 Å². The summed E-state index contributed by atoms with van der Waals surface area (Å²) in [5.41, 5.74) is 0. The SMILES string of the molecule is CCCCC[C@H](O)/C=C/[C@H]1C(=O)C[C@H](O)[C@@H]1CCCCCCC(=O)OC[C@H](COP(=O)(O)OCC[N+](C)(C)C)OC(C)=O. The molecule has 0 spiro atoms. The van der Waals surface area contributed by atoms with E-state index in [-0.39, 0.29) is 43.7 Å². The number of ketones is 1. The number of carbonyl (C=O) groups excluding carboxylic acids is 3. The van der Waals surface area contributed by atoms with Crippen molar-refractivity contribution in [1.29, 1.82) is 0 Å². The van der Waals surface area contributed by atoms with Crippen molar-refractivity contribution in [2.24, 2.45) is 11.8 Å². The molecule has 0 amide bonds. The Bertz CT molecular complexity index is 920. The number of phosphoric acid groups is 1. The number of allylic oxidation sites excluding steroid dienone is 1. The minimum atomic E-state index is -4.38. The summed E-state index contributed by atoms with van der Waals surface area (Å²) in [4.78, 5) is 45.9. The van der Waals surface area contributed by atoms with Crippen LogP contribution in [0.4, 0.5) is 0 Å². The lowest BCUT2D eigenvalue weighted by molar-refractivity contribution is -0.870. The molecule has 6 atom stereocenters. The number of esters is 2. The van der Waals surface area contributed by atoms with Crippen molar-refractivity contribution < 1.29 is 57.1 Å². The molecule has 43 heavy (non-hydrogen) atoms. The maximum absolute atomic E-state index is 12.4. The Labute approximate surface area is 256 Å². The summed E-state index contributed by atoms with van der Waals surface area (Å²) in [6, 6.07) is 0. The van der Waals surface area contributed by atoms with Gasteiger partial charge in [-0.05, 0) is 25.2 Å². The molecule has 250 valence electrons. The number of quaternary nitrogens is 1. The van der Waals surface area contributed by atoms with Gasteiger partial charge in [0.05, 0.1) is 40.0 Å². The molecule has 0 radical (unpaired) electrons. The van der Waals surface area contributed by atoms with E-state index in [9.17, 15) is 34.1 Å². The van der Waals surface area contributed by atoms with Crippen LogP contribution in [0.3, 0.4) is 0 Å². The fourth-order valence-corrected chi connectivity index (χ4v) is 5.54. The van der Waals surface area contributed by atoms with E-state index in [1.165, 1.54) is 6.92 Å². The number of phosphoric ester groups is 1. The number of Topliss-reactive ketones (excluding diaryl/α,β-unsaturated/α-hetero) is 1. The number of unbranched alkanes of at least 4 members (excludes halogenated alkanes) is 5. The van der Waals surface area contributed by atoms with Gasteiger partial charge in [0.25, 0.3) is 0 Å². The van der Waals surface area contributed by atoms with Crippen molar-refractivity contribution in [3.05, 3.63) is 12.2 Å². The summed E-state index contributed by atoms with van der Waals surface area (Å²) in [6.07, 6.45) is 8.72. The lowest BCUT2D eigenvalue weighted by Gasteiger charge is -2.24. The summed E-state index contributed by atoms with van der Waals surface area (Å²) in [7, 11) is 1.33. The van der Waals surface area contributed by atoms with E-state index >= 15 is 0 Å². The van der Waals surface area contributed by atoms with E-state index in [0.29, 0.717) is 30.3 Å². The van der Waals surface area contributed by atoms with Crippen LogP contribution in [0.1, 0.15) is 84.5 Å². The minimum absolute atomic E-state index is 0.00361. The largest absolute Gasteiger partial charge is 0.472 e. The maximum Gasteiger partial charge on any atom is 0.472 e. The zero-order chi connectivity index (χ0) is 32.5. The second kappa shape index (κ2) is 20.4. The van der Waals surface area contributed by atoms with Crippen molar-refractivity contribution >= 4 is 25.5 Å². The van der Waals surface area contributed by atoms with Crippen LogP contribution < -0.4 is 0 Å². The number of hydrogen-bond donors (Lipinski definition) is 3.